The third kappa shape index (κ3) is 7.15. The zero-order valence-electron chi connectivity index (χ0n) is 22.7. The molecule has 2 aliphatic heterocycles. The predicted molar refractivity (Wildman–Crippen MR) is 139 cm³/mol. The molecule has 0 aromatic heterocycles. The van der Waals surface area contributed by atoms with Gasteiger partial charge in [0.15, 0.2) is 0 Å². The summed E-state index contributed by atoms with van der Waals surface area (Å²) in [5, 5.41) is 0. The molecule has 2 heterocycles. The molecule has 0 saturated carbocycles. The molecule has 2 unspecified atom stereocenters. The first kappa shape index (κ1) is 28.1. The van der Waals surface area contributed by atoms with Gasteiger partial charge in [-0.3, -0.25) is 14.5 Å². The van der Waals surface area contributed by atoms with E-state index >= 15 is 0 Å². The van der Waals surface area contributed by atoms with Crippen molar-refractivity contribution in [3.63, 3.8) is 0 Å². The largest absolute Gasteiger partial charge is 0.379 e. The summed E-state index contributed by atoms with van der Waals surface area (Å²) in [6.45, 7) is 15.5. The average molecular weight is 532 g/mol. The van der Waals surface area contributed by atoms with Crippen molar-refractivity contribution in [2.45, 2.75) is 71.0 Å². The quantitative estimate of drug-likeness (QED) is 0.0902. The van der Waals surface area contributed by atoms with Crippen LogP contribution in [-0.2, 0) is 23.3 Å². The summed E-state index contributed by atoms with van der Waals surface area (Å²) in [6, 6.07) is 6.05. The lowest BCUT2D eigenvalue weighted by molar-refractivity contribution is -0.114. The molecule has 2 aliphatic rings. The molecule has 5 atom stereocenters. The van der Waals surface area contributed by atoms with Crippen molar-refractivity contribution >= 4 is 28.2 Å². The van der Waals surface area contributed by atoms with Gasteiger partial charge in [-0.05, 0) is 46.7 Å². The van der Waals surface area contributed by atoms with E-state index in [9.17, 15) is 9.59 Å². The van der Waals surface area contributed by atoms with E-state index in [1.807, 2.05) is 27.7 Å². The average Bonchev–Trinajstić information content (AvgIpc) is 3.31. The molecule has 0 spiro atoms. The van der Waals surface area contributed by atoms with E-state index in [2.05, 4.69) is 9.52 Å². The van der Waals surface area contributed by atoms with Crippen LogP contribution in [0.5, 0.6) is 0 Å². The van der Waals surface area contributed by atoms with Gasteiger partial charge in [-0.2, -0.15) is 0 Å². The second-order valence-corrected chi connectivity index (χ2v) is 10.6. The van der Waals surface area contributed by atoms with Gasteiger partial charge in [0.2, 0.25) is 6.54 Å². The molecule has 0 aliphatic carbocycles. The van der Waals surface area contributed by atoms with E-state index < -0.39 is 32.8 Å². The van der Waals surface area contributed by atoms with Gasteiger partial charge >= 0.3 is 0 Å². The van der Waals surface area contributed by atoms with Gasteiger partial charge in [0.1, 0.15) is 33.5 Å². The SMILES string of the molecule is [2H]C[C@H]1O[C@@H]([B])C(OCOCCN2C(=O)c3ccccc3C2=O)[C@H]1OP(OCC[N+]#[C-])N(C(C)C)C(C)C. The Labute approximate surface area is 223 Å². The fourth-order valence-corrected chi connectivity index (χ4v) is 6.01. The number of carbonyl (C=O) groups excluding carboxylic acids is 2. The third-order valence-corrected chi connectivity index (χ3v) is 8.02. The Kier molecular flexibility index (Phi) is 10.5. The van der Waals surface area contributed by atoms with Crippen LogP contribution in [-0.4, -0.2) is 98.7 Å². The Morgan fingerprint density at radius 3 is 2.38 bits per heavy atom. The van der Waals surface area contributed by atoms with E-state index in [0.717, 1.165) is 4.90 Å². The van der Waals surface area contributed by atoms with E-state index in [1.54, 1.807) is 24.3 Å². The Morgan fingerprint density at radius 1 is 1.16 bits per heavy atom. The molecule has 1 saturated heterocycles. The second kappa shape index (κ2) is 13.8. The normalized spacial score (nSPS) is 24.7. The molecule has 0 bridgehead atoms. The molecule has 3 rings (SSSR count). The zero-order valence-corrected chi connectivity index (χ0v) is 22.6. The van der Waals surface area contributed by atoms with E-state index in [0.29, 0.717) is 11.1 Å². The summed E-state index contributed by atoms with van der Waals surface area (Å²) in [6.07, 6.45) is -2.06. The maximum Gasteiger partial charge on any atom is 0.261 e. The number of benzene rings is 1. The summed E-state index contributed by atoms with van der Waals surface area (Å²) in [7, 11) is 4.58. The lowest BCUT2D eigenvalue weighted by Crippen LogP contribution is -2.40. The number of carbonyl (C=O) groups is 2. The first-order valence-electron chi connectivity index (χ1n) is 13.0. The minimum absolute atomic E-state index is 0.0720. The molecule has 1 fully saturated rings. The van der Waals surface area contributed by atoms with Crippen molar-refractivity contribution < 1.29 is 34.2 Å². The molecule has 200 valence electrons. The first-order chi connectivity index (χ1) is 18.2. The van der Waals surface area contributed by atoms with Crippen LogP contribution < -0.4 is 0 Å². The minimum Gasteiger partial charge on any atom is -0.379 e. The second-order valence-electron chi connectivity index (χ2n) is 9.19. The van der Waals surface area contributed by atoms with Crippen molar-refractivity contribution in [2.75, 3.05) is 33.1 Å². The fraction of sp³-hybridized carbons (Fsp3) is 0.640. The van der Waals surface area contributed by atoms with Gasteiger partial charge in [0.05, 0.1) is 30.4 Å². The minimum atomic E-state index is -1.60. The molecular formula is C25H35BN3O7P. The van der Waals surface area contributed by atoms with Crippen LogP contribution in [0.1, 0.15) is 56.7 Å². The van der Waals surface area contributed by atoms with E-state index in [-0.39, 0.29) is 63.9 Å². The van der Waals surface area contributed by atoms with Gasteiger partial charge in [0, 0.05) is 19.5 Å². The number of fused-ring (bicyclic) bond motifs is 1. The van der Waals surface area contributed by atoms with Crippen LogP contribution >= 0.6 is 8.53 Å². The number of amides is 2. The van der Waals surface area contributed by atoms with Gasteiger partial charge in [-0.1, -0.05) is 12.1 Å². The highest BCUT2D eigenvalue weighted by molar-refractivity contribution is 7.44. The van der Waals surface area contributed by atoms with Crippen LogP contribution in [0.4, 0.5) is 0 Å². The van der Waals surface area contributed by atoms with Crippen molar-refractivity contribution in [3.8, 4) is 0 Å². The summed E-state index contributed by atoms with van der Waals surface area (Å²) >= 11 is 0. The molecule has 1 aromatic rings. The number of hydrogen-bond donors (Lipinski definition) is 0. The standard InChI is InChI=1S/C25H35BN3O7P/c1-16(2)29(17(3)4)37(34-13-11-27-6)36-21-18(5)35-23(26)22(21)33-15-32-14-12-28-24(30)19-9-7-8-10-20(19)25(28)31/h7-10,16-18,21-23H,11-15H2,1-5H3/t18-,21+,22?,23-,37?/m1/s1/i5D. The van der Waals surface area contributed by atoms with Crippen molar-refractivity contribution in [2.24, 2.45) is 0 Å². The monoisotopic (exact) mass is 532 g/mol. The number of nitrogens with zero attached hydrogens (tertiary/aromatic N) is 3. The third-order valence-electron chi connectivity index (χ3n) is 5.89. The predicted octanol–water partition coefficient (Wildman–Crippen LogP) is 3.22. The first-order valence-corrected chi connectivity index (χ1v) is 13.4. The van der Waals surface area contributed by atoms with E-state index in [4.69, 9.17) is 39.0 Å². The molecule has 37 heavy (non-hydrogen) atoms. The molecule has 2 amide bonds. The van der Waals surface area contributed by atoms with Crippen molar-refractivity contribution in [1.29, 1.82) is 0 Å². The maximum absolute atomic E-state index is 12.5. The summed E-state index contributed by atoms with van der Waals surface area (Å²) in [5.41, 5.74) is 0.771. The highest BCUT2D eigenvalue weighted by atomic mass is 31.2. The molecular weight excluding hydrogens is 496 g/mol. The van der Waals surface area contributed by atoms with Crippen LogP contribution in [0.25, 0.3) is 4.85 Å². The highest BCUT2D eigenvalue weighted by Gasteiger charge is 2.45. The number of rotatable bonds is 14. The Balaban J connectivity index is 1.58. The highest BCUT2D eigenvalue weighted by Crippen LogP contribution is 2.49. The van der Waals surface area contributed by atoms with Crippen LogP contribution in [0.3, 0.4) is 0 Å². The summed E-state index contributed by atoms with van der Waals surface area (Å²) < 4.78 is 39.6. The van der Waals surface area contributed by atoms with Crippen LogP contribution in [0.2, 0.25) is 0 Å². The molecule has 12 heteroatoms. The molecule has 0 N–H and O–H groups in total. The Hall–Kier alpha value is -1.90. The molecule has 10 nitrogen and oxygen atoms in total. The van der Waals surface area contributed by atoms with Crippen LogP contribution in [0.15, 0.2) is 24.3 Å². The van der Waals surface area contributed by atoms with Gasteiger partial charge in [0.25, 0.3) is 20.3 Å². The number of hydrogen-bond acceptors (Lipinski definition) is 8. The number of ether oxygens (including phenoxy) is 3. The van der Waals surface area contributed by atoms with E-state index in [1.165, 1.54) is 0 Å². The Morgan fingerprint density at radius 2 is 1.81 bits per heavy atom. The van der Waals surface area contributed by atoms with Gasteiger partial charge in [-0.15, -0.1) is 0 Å². The smallest absolute Gasteiger partial charge is 0.261 e. The summed E-state index contributed by atoms with van der Waals surface area (Å²) in [5.74, 6) is -0.695. The van der Waals surface area contributed by atoms with Crippen LogP contribution in [0, 0.1) is 6.57 Å². The van der Waals surface area contributed by atoms with Crippen molar-refractivity contribution in [3.05, 3.63) is 46.8 Å². The Bertz CT molecular complexity index is 955. The van der Waals surface area contributed by atoms with Crippen molar-refractivity contribution in [1.82, 2.24) is 9.57 Å². The van der Waals surface area contributed by atoms with Gasteiger partial charge < -0.3 is 28.1 Å². The van der Waals surface area contributed by atoms with Gasteiger partial charge in [-0.25, -0.2) is 11.2 Å². The molecule has 1 aromatic carbocycles. The maximum atomic E-state index is 12.5. The summed E-state index contributed by atoms with van der Waals surface area (Å²) in [4.78, 5) is 29.5. The lowest BCUT2D eigenvalue weighted by atomic mass is 9.93. The lowest BCUT2D eigenvalue weighted by Gasteiger charge is -2.37. The molecule has 2 radical (unpaired) electrons. The zero-order chi connectivity index (χ0) is 27.8. The number of imide groups is 1. The fourth-order valence-electron chi connectivity index (χ4n) is 4.25. The topological polar surface area (TPSA) is 91.1 Å².